The Balaban J connectivity index is 0. The predicted octanol–water partition coefficient (Wildman–Crippen LogP) is -2.86. The molecule has 0 saturated heterocycles. The molecule has 0 aliphatic carbocycles. The molecule has 0 radical (unpaired) electrons. The van der Waals surface area contributed by atoms with Crippen molar-refractivity contribution in [3.05, 3.63) is 29.3 Å². The molecule has 28 heavy (non-hydrogen) atoms. The third kappa shape index (κ3) is 14.0. The summed E-state index contributed by atoms with van der Waals surface area (Å²) in [7, 11) is 0. The van der Waals surface area contributed by atoms with Gasteiger partial charge >= 0.3 is 59.1 Å². The molecule has 0 aliphatic heterocycles. The zero-order chi connectivity index (χ0) is 19.2. The summed E-state index contributed by atoms with van der Waals surface area (Å²) in [5.74, 6) is -2.79. The second-order valence-electron chi connectivity index (χ2n) is 6.84. The molecule has 0 aliphatic rings. The quantitative estimate of drug-likeness (QED) is 0.250. The van der Waals surface area contributed by atoms with Crippen molar-refractivity contribution in [1.82, 2.24) is 0 Å². The first-order valence-electron chi connectivity index (χ1n) is 9.86. The predicted molar refractivity (Wildman–Crippen MR) is 100 cm³/mol. The van der Waals surface area contributed by atoms with E-state index in [1.54, 1.807) is 0 Å². The fourth-order valence-electron chi connectivity index (χ4n) is 2.99. The van der Waals surface area contributed by atoms with Gasteiger partial charge in [0.05, 0.1) is 11.9 Å². The second-order valence-corrected chi connectivity index (χ2v) is 6.84. The Labute approximate surface area is 213 Å². The summed E-state index contributed by atoms with van der Waals surface area (Å²) in [5, 5.41) is 25.0. The zero-order valence-electron chi connectivity index (χ0n) is 17.9. The van der Waals surface area contributed by atoms with Crippen LogP contribution in [0, 0.1) is 0 Å². The van der Waals surface area contributed by atoms with Gasteiger partial charge in [0, 0.05) is 12.2 Å². The van der Waals surface area contributed by atoms with E-state index in [0.717, 1.165) is 18.9 Å². The number of unbranched alkanes of at least 4 members (excludes halogenated alkanes) is 10. The smallest absolute Gasteiger partial charge is 0.545 e. The number of carboxylic acid groups (broad SMARTS) is 2. The van der Waals surface area contributed by atoms with Crippen LogP contribution in [0.2, 0.25) is 0 Å². The van der Waals surface area contributed by atoms with Crippen molar-refractivity contribution in [3.8, 4) is 0 Å². The van der Waals surface area contributed by atoms with Crippen molar-refractivity contribution in [3.63, 3.8) is 0 Å². The van der Waals surface area contributed by atoms with Crippen LogP contribution >= 0.6 is 0 Å². The Kier molecular flexibility index (Phi) is 20.4. The molecule has 0 fully saturated rings. The molecule has 1 N–H and O–H groups in total. The molecule has 146 valence electrons. The van der Waals surface area contributed by atoms with Crippen LogP contribution in [0.1, 0.15) is 98.3 Å². The van der Waals surface area contributed by atoms with Gasteiger partial charge in [-0.05, 0) is 35.7 Å². The minimum absolute atomic E-state index is 0. The van der Waals surface area contributed by atoms with Crippen LogP contribution in [0.5, 0.6) is 0 Å². The second kappa shape index (κ2) is 19.0. The largest absolute Gasteiger partial charge is 1.00 e. The van der Waals surface area contributed by atoms with E-state index >= 15 is 0 Å². The average molecular weight is 407 g/mol. The van der Waals surface area contributed by atoms with Crippen molar-refractivity contribution in [2.45, 2.75) is 77.6 Å². The fourth-order valence-corrected chi connectivity index (χ4v) is 2.99. The van der Waals surface area contributed by atoms with Crippen LogP contribution in [0.15, 0.2) is 18.2 Å². The number of anilines is 1. The van der Waals surface area contributed by atoms with E-state index in [9.17, 15) is 19.8 Å². The normalized spacial score (nSPS) is 9.89. The van der Waals surface area contributed by atoms with E-state index in [4.69, 9.17) is 0 Å². The number of rotatable bonds is 15. The number of aromatic carboxylic acids is 2. The summed E-state index contributed by atoms with van der Waals surface area (Å²) in [4.78, 5) is 21.9. The molecule has 0 unspecified atom stereocenters. The van der Waals surface area contributed by atoms with Gasteiger partial charge in [-0.3, -0.25) is 0 Å². The zero-order valence-corrected chi connectivity index (χ0v) is 21.9. The van der Waals surface area contributed by atoms with Crippen LogP contribution in [-0.4, -0.2) is 18.5 Å². The number of hydrogen-bond acceptors (Lipinski definition) is 5. The molecule has 1 aromatic carbocycles. The number of carbonyl (C=O) groups excluding carboxylic acids is 2. The molecule has 0 amide bonds. The van der Waals surface area contributed by atoms with Gasteiger partial charge < -0.3 is 25.1 Å². The Bertz CT molecular complexity index is 535. The third-order valence-corrected chi connectivity index (χ3v) is 4.51. The first-order valence-corrected chi connectivity index (χ1v) is 9.86. The van der Waals surface area contributed by atoms with E-state index in [1.807, 2.05) is 0 Å². The van der Waals surface area contributed by atoms with E-state index in [0.29, 0.717) is 12.2 Å². The Morgan fingerprint density at radius 3 is 1.50 bits per heavy atom. The molecule has 0 spiro atoms. The number of carbonyl (C=O) groups is 2. The van der Waals surface area contributed by atoms with E-state index in [2.05, 4.69) is 12.2 Å². The van der Waals surface area contributed by atoms with Crippen LogP contribution in [-0.2, 0) is 0 Å². The minimum atomic E-state index is -1.40. The molecular formula is C21H31NNa2O4. The number of carboxylic acids is 2. The van der Waals surface area contributed by atoms with Crippen LogP contribution in [0.4, 0.5) is 5.69 Å². The van der Waals surface area contributed by atoms with Crippen molar-refractivity contribution >= 4 is 17.6 Å². The molecular weight excluding hydrogens is 376 g/mol. The maximum Gasteiger partial charge on any atom is 1.00 e. The Morgan fingerprint density at radius 1 is 0.714 bits per heavy atom. The molecule has 0 aromatic heterocycles. The number of nitrogens with one attached hydrogen (secondary N) is 1. The topological polar surface area (TPSA) is 92.3 Å². The van der Waals surface area contributed by atoms with Gasteiger partial charge in [0.15, 0.2) is 0 Å². The summed E-state index contributed by atoms with van der Waals surface area (Å²) < 4.78 is 0. The standard InChI is InChI=1S/C21H33NO4.2Na/c1-2-3-4-5-6-7-8-9-10-11-12-13-22-19-15-17(20(23)24)14-18(16-19)21(25)26;;/h14-16,22H,2-13H2,1H3,(H,23,24)(H,25,26);;/q;2*+1/p-2. The average Bonchev–Trinajstić information content (AvgIpc) is 2.62. The first kappa shape index (κ1) is 30.2. The molecule has 0 atom stereocenters. The van der Waals surface area contributed by atoms with Gasteiger partial charge in [-0.1, -0.05) is 71.1 Å². The van der Waals surface area contributed by atoms with Crippen molar-refractivity contribution < 1.29 is 78.9 Å². The Hall–Kier alpha value is -0.0400. The van der Waals surface area contributed by atoms with Gasteiger partial charge in [0.1, 0.15) is 0 Å². The van der Waals surface area contributed by atoms with Crippen molar-refractivity contribution in [1.29, 1.82) is 0 Å². The number of benzene rings is 1. The summed E-state index contributed by atoms with van der Waals surface area (Å²) in [5.41, 5.74) is 0.152. The molecule has 0 heterocycles. The van der Waals surface area contributed by atoms with Crippen LogP contribution in [0.3, 0.4) is 0 Å². The van der Waals surface area contributed by atoms with Gasteiger partial charge in [-0.25, -0.2) is 0 Å². The maximum atomic E-state index is 11.0. The van der Waals surface area contributed by atoms with E-state index in [1.165, 1.54) is 69.9 Å². The van der Waals surface area contributed by atoms with Crippen molar-refractivity contribution in [2.24, 2.45) is 0 Å². The molecule has 1 aromatic rings. The summed E-state index contributed by atoms with van der Waals surface area (Å²) in [6, 6.07) is 3.83. The third-order valence-electron chi connectivity index (χ3n) is 4.51. The van der Waals surface area contributed by atoms with Gasteiger partial charge in [-0.2, -0.15) is 0 Å². The monoisotopic (exact) mass is 407 g/mol. The van der Waals surface area contributed by atoms with Gasteiger partial charge in [-0.15, -0.1) is 0 Å². The van der Waals surface area contributed by atoms with E-state index < -0.39 is 11.9 Å². The van der Waals surface area contributed by atoms with Gasteiger partial charge in [0.2, 0.25) is 0 Å². The number of hydrogen-bond donors (Lipinski definition) is 1. The van der Waals surface area contributed by atoms with E-state index in [-0.39, 0.29) is 70.2 Å². The van der Waals surface area contributed by atoms with Crippen LogP contribution < -0.4 is 74.6 Å². The Morgan fingerprint density at radius 2 is 1.11 bits per heavy atom. The van der Waals surface area contributed by atoms with Crippen molar-refractivity contribution in [2.75, 3.05) is 11.9 Å². The summed E-state index contributed by atoms with van der Waals surface area (Å²) >= 11 is 0. The van der Waals surface area contributed by atoms with Gasteiger partial charge in [0.25, 0.3) is 0 Å². The minimum Gasteiger partial charge on any atom is -0.545 e. The summed E-state index contributed by atoms with van der Waals surface area (Å²) in [6.45, 7) is 2.91. The first-order chi connectivity index (χ1) is 12.5. The summed E-state index contributed by atoms with van der Waals surface area (Å²) in [6.07, 6.45) is 13.8. The molecule has 0 bridgehead atoms. The molecule has 5 nitrogen and oxygen atoms in total. The van der Waals surface area contributed by atoms with Crippen LogP contribution in [0.25, 0.3) is 0 Å². The maximum absolute atomic E-state index is 11.0. The fraction of sp³-hybridized carbons (Fsp3) is 0.619. The molecule has 7 heteroatoms. The molecule has 1 rings (SSSR count). The molecule has 0 saturated carbocycles. The SMILES string of the molecule is CCCCCCCCCCCCCNc1cc(C(=O)[O-])cc(C(=O)[O-])c1.[Na+].[Na+].